The molecule has 1 aromatic carbocycles. The lowest BCUT2D eigenvalue weighted by atomic mass is 9.94. The summed E-state index contributed by atoms with van der Waals surface area (Å²) in [5.74, 6) is -0.307. The second kappa shape index (κ2) is 7.59. The van der Waals surface area contributed by atoms with Gasteiger partial charge in [-0.3, -0.25) is 9.48 Å². The Balaban J connectivity index is 1.76. The number of rotatable bonds is 7. The first-order chi connectivity index (χ1) is 12.4. The standard InChI is InChI=1S/C18H24N4O3S/c1-3-16(17-10-11-19-22(17)2)20-18(23)13-6-4-9-15(12-13)26(24,25)21-14-7-5-8-14/h4,6,9-12,14,16,21H,3,5,7-8H2,1-2H3,(H,20,23)/t16-/m1/s1. The van der Waals surface area contributed by atoms with Crippen LogP contribution in [0.2, 0.25) is 0 Å². The molecule has 26 heavy (non-hydrogen) atoms. The van der Waals surface area contributed by atoms with E-state index in [4.69, 9.17) is 0 Å². The molecule has 0 spiro atoms. The highest BCUT2D eigenvalue weighted by atomic mass is 32.2. The number of hydrogen-bond acceptors (Lipinski definition) is 4. The average molecular weight is 376 g/mol. The molecule has 3 rings (SSSR count). The van der Waals surface area contributed by atoms with Crippen molar-refractivity contribution in [1.82, 2.24) is 19.8 Å². The summed E-state index contributed by atoms with van der Waals surface area (Å²) in [6.45, 7) is 1.97. The highest BCUT2D eigenvalue weighted by Gasteiger charge is 2.25. The Hall–Kier alpha value is -2.19. The van der Waals surface area contributed by atoms with Crippen molar-refractivity contribution >= 4 is 15.9 Å². The number of sulfonamides is 1. The highest BCUT2D eigenvalue weighted by Crippen LogP contribution is 2.22. The summed E-state index contributed by atoms with van der Waals surface area (Å²) in [4.78, 5) is 12.7. The van der Waals surface area contributed by atoms with E-state index in [-0.39, 0.29) is 22.9 Å². The number of nitrogens with one attached hydrogen (secondary N) is 2. The third kappa shape index (κ3) is 3.96. The van der Waals surface area contributed by atoms with Crippen molar-refractivity contribution in [1.29, 1.82) is 0 Å². The predicted octanol–water partition coefficient (Wildman–Crippen LogP) is 2.13. The van der Waals surface area contributed by atoms with Crippen LogP contribution in [0.4, 0.5) is 0 Å². The Morgan fingerprint density at radius 2 is 2.12 bits per heavy atom. The van der Waals surface area contributed by atoms with Gasteiger partial charge in [-0.1, -0.05) is 19.4 Å². The van der Waals surface area contributed by atoms with E-state index in [1.54, 1.807) is 23.0 Å². The number of benzene rings is 1. The summed E-state index contributed by atoms with van der Waals surface area (Å²) >= 11 is 0. The van der Waals surface area contributed by atoms with Crippen LogP contribution in [0.1, 0.15) is 54.7 Å². The van der Waals surface area contributed by atoms with Crippen LogP contribution in [-0.2, 0) is 17.1 Å². The molecule has 2 N–H and O–H groups in total. The SMILES string of the molecule is CC[C@@H](NC(=O)c1cccc(S(=O)(=O)NC2CCC2)c1)c1ccnn1C. The van der Waals surface area contributed by atoms with Crippen LogP contribution in [0.3, 0.4) is 0 Å². The van der Waals surface area contributed by atoms with Crippen molar-refractivity contribution in [2.24, 2.45) is 7.05 Å². The van der Waals surface area contributed by atoms with Gasteiger partial charge in [0.05, 0.1) is 16.6 Å². The molecule has 1 saturated carbocycles. The van der Waals surface area contributed by atoms with E-state index in [9.17, 15) is 13.2 Å². The van der Waals surface area contributed by atoms with Crippen molar-refractivity contribution in [2.75, 3.05) is 0 Å². The largest absolute Gasteiger partial charge is 0.344 e. The lowest BCUT2D eigenvalue weighted by Crippen LogP contribution is -2.39. The molecule has 1 aliphatic rings. The first-order valence-corrected chi connectivity index (χ1v) is 10.3. The molecule has 8 heteroatoms. The first-order valence-electron chi connectivity index (χ1n) is 8.82. The number of nitrogens with zero attached hydrogens (tertiary/aromatic N) is 2. The molecule has 0 bridgehead atoms. The van der Waals surface area contributed by atoms with Gasteiger partial charge in [-0.15, -0.1) is 0 Å². The third-order valence-electron chi connectivity index (χ3n) is 4.76. The zero-order valence-electron chi connectivity index (χ0n) is 15.0. The minimum absolute atomic E-state index is 0.00629. The number of carbonyl (C=O) groups excluding carboxylic acids is 1. The van der Waals surface area contributed by atoms with Gasteiger partial charge in [0.2, 0.25) is 10.0 Å². The summed E-state index contributed by atoms with van der Waals surface area (Å²) in [6.07, 6.45) is 5.16. The molecule has 1 atom stereocenters. The van der Waals surface area contributed by atoms with Crippen LogP contribution in [0.25, 0.3) is 0 Å². The molecule has 1 aromatic heterocycles. The fourth-order valence-electron chi connectivity index (χ4n) is 2.97. The summed E-state index contributed by atoms with van der Waals surface area (Å²) in [5, 5.41) is 7.08. The lowest BCUT2D eigenvalue weighted by molar-refractivity contribution is 0.0933. The monoisotopic (exact) mass is 376 g/mol. The molecular weight excluding hydrogens is 352 g/mol. The van der Waals surface area contributed by atoms with E-state index in [2.05, 4.69) is 15.1 Å². The van der Waals surface area contributed by atoms with Crippen molar-refractivity contribution in [3.8, 4) is 0 Å². The van der Waals surface area contributed by atoms with Gasteiger partial charge in [-0.05, 0) is 43.5 Å². The Bertz CT molecular complexity index is 887. The summed E-state index contributed by atoms with van der Waals surface area (Å²) in [5.41, 5.74) is 1.22. The Kier molecular flexibility index (Phi) is 5.43. The molecule has 1 heterocycles. The number of aromatic nitrogens is 2. The van der Waals surface area contributed by atoms with Gasteiger partial charge in [0.15, 0.2) is 0 Å². The minimum atomic E-state index is -3.60. The van der Waals surface area contributed by atoms with E-state index < -0.39 is 10.0 Å². The van der Waals surface area contributed by atoms with Gasteiger partial charge in [0.1, 0.15) is 0 Å². The van der Waals surface area contributed by atoms with E-state index in [1.807, 2.05) is 20.0 Å². The lowest BCUT2D eigenvalue weighted by Gasteiger charge is -2.26. The van der Waals surface area contributed by atoms with Crippen molar-refractivity contribution in [2.45, 2.75) is 49.6 Å². The van der Waals surface area contributed by atoms with Gasteiger partial charge in [0, 0.05) is 24.8 Å². The molecule has 0 unspecified atom stereocenters. The summed E-state index contributed by atoms with van der Waals surface area (Å²) < 4.78 is 29.3. The maximum Gasteiger partial charge on any atom is 0.251 e. The zero-order chi connectivity index (χ0) is 18.7. The Morgan fingerprint density at radius 3 is 2.69 bits per heavy atom. The Labute approximate surface area is 153 Å². The summed E-state index contributed by atoms with van der Waals surface area (Å²) in [6, 6.07) is 7.82. The maximum absolute atomic E-state index is 12.6. The molecule has 0 radical (unpaired) electrons. The van der Waals surface area contributed by atoms with Crippen molar-refractivity contribution in [3.05, 3.63) is 47.8 Å². The fourth-order valence-corrected chi connectivity index (χ4v) is 4.32. The van der Waals surface area contributed by atoms with Crippen LogP contribution < -0.4 is 10.0 Å². The average Bonchev–Trinajstić information content (AvgIpc) is 3.02. The second-order valence-corrected chi connectivity index (χ2v) is 8.30. The van der Waals surface area contributed by atoms with Crippen LogP contribution in [0.5, 0.6) is 0 Å². The summed E-state index contributed by atoms with van der Waals surface area (Å²) in [7, 11) is -1.78. The Morgan fingerprint density at radius 1 is 1.35 bits per heavy atom. The number of amides is 1. The molecule has 1 aliphatic carbocycles. The van der Waals surface area contributed by atoms with E-state index in [0.29, 0.717) is 12.0 Å². The molecule has 7 nitrogen and oxygen atoms in total. The molecule has 1 fully saturated rings. The molecule has 1 amide bonds. The second-order valence-electron chi connectivity index (χ2n) is 6.59. The van der Waals surface area contributed by atoms with Crippen LogP contribution in [-0.4, -0.2) is 30.1 Å². The normalized spacial score (nSPS) is 16.1. The van der Waals surface area contributed by atoms with Crippen molar-refractivity contribution in [3.63, 3.8) is 0 Å². The number of hydrogen-bond donors (Lipinski definition) is 2. The molecule has 140 valence electrons. The van der Waals surface area contributed by atoms with Crippen LogP contribution in [0.15, 0.2) is 41.4 Å². The predicted molar refractivity (Wildman–Crippen MR) is 98.1 cm³/mol. The molecule has 0 saturated heterocycles. The zero-order valence-corrected chi connectivity index (χ0v) is 15.8. The van der Waals surface area contributed by atoms with Gasteiger partial charge in [-0.2, -0.15) is 5.10 Å². The van der Waals surface area contributed by atoms with Crippen LogP contribution >= 0.6 is 0 Å². The number of carbonyl (C=O) groups is 1. The maximum atomic E-state index is 12.6. The minimum Gasteiger partial charge on any atom is -0.344 e. The van der Waals surface area contributed by atoms with E-state index in [0.717, 1.165) is 25.0 Å². The van der Waals surface area contributed by atoms with Gasteiger partial charge in [0.25, 0.3) is 5.91 Å². The van der Waals surface area contributed by atoms with Gasteiger partial charge < -0.3 is 5.32 Å². The van der Waals surface area contributed by atoms with Crippen LogP contribution in [0, 0.1) is 0 Å². The number of aryl methyl sites for hydroxylation is 1. The van der Waals surface area contributed by atoms with E-state index in [1.165, 1.54) is 12.1 Å². The topological polar surface area (TPSA) is 93.1 Å². The third-order valence-corrected chi connectivity index (χ3v) is 6.28. The fraction of sp³-hybridized carbons (Fsp3) is 0.444. The van der Waals surface area contributed by atoms with Gasteiger partial charge in [-0.25, -0.2) is 13.1 Å². The first kappa shape index (κ1) is 18.6. The van der Waals surface area contributed by atoms with Gasteiger partial charge >= 0.3 is 0 Å². The highest BCUT2D eigenvalue weighted by molar-refractivity contribution is 7.89. The van der Waals surface area contributed by atoms with E-state index >= 15 is 0 Å². The molecular formula is C18H24N4O3S. The van der Waals surface area contributed by atoms with Crippen molar-refractivity contribution < 1.29 is 13.2 Å². The smallest absolute Gasteiger partial charge is 0.251 e. The quantitative estimate of drug-likeness (QED) is 0.774. The molecule has 0 aliphatic heterocycles. The molecule has 2 aromatic rings.